The van der Waals surface area contributed by atoms with Crippen molar-refractivity contribution in [2.75, 3.05) is 6.61 Å². The van der Waals surface area contributed by atoms with E-state index in [2.05, 4.69) is 16.0 Å². The summed E-state index contributed by atoms with van der Waals surface area (Å²) in [6, 6.07) is -0.715. The highest BCUT2D eigenvalue weighted by Gasteiger charge is 2.16. The van der Waals surface area contributed by atoms with Crippen molar-refractivity contribution in [3.8, 4) is 12.3 Å². The van der Waals surface area contributed by atoms with E-state index in [1.54, 1.807) is 6.92 Å². The summed E-state index contributed by atoms with van der Waals surface area (Å²) in [5, 5.41) is 2.27. The highest BCUT2D eigenvalue weighted by Crippen LogP contribution is 1.93. The summed E-state index contributed by atoms with van der Waals surface area (Å²) in [7, 11) is 0. The van der Waals surface area contributed by atoms with Crippen LogP contribution in [0.3, 0.4) is 0 Å². The van der Waals surface area contributed by atoms with Crippen molar-refractivity contribution < 1.29 is 14.3 Å². The average molecular weight is 169 g/mol. The van der Waals surface area contributed by atoms with Crippen molar-refractivity contribution in [1.82, 2.24) is 5.32 Å². The number of nitrogens with one attached hydrogen (secondary N) is 1. The molecule has 0 saturated heterocycles. The van der Waals surface area contributed by atoms with Crippen LogP contribution in [0.1, 0.15) is 13.3 Å². The monoisotopic (exact) mass is 169 g/mol. The Morgan fingerprint density at radius 3 is 2.92 bits per heavy atom. The third-order valence-electron chi connectivity index (χ3n) is 1.16. The van der Waals surface area contributed by atoms with Crippen molar-refractivity contribution in [2.24, 2.45) is 0 Å². The zero-order chi connectivity index (χ0) is 9.40. The minimum atomic E-state index is -0.715. The first-order chi connectivity index (χ1) is 5.76. The van der Waals surface area contributed by atoms with Crippen LogP contribution in [0.15, 0.2) is 0 Å². The quantitative estimate of drug-likeness (QED) is 0.349. The number of hydrogen-bond donors (Lipinski definition) is 1. The maximum absolute atomic E-state index is 11.0. The molecule has 0 aliphatic carbocycles. The Morgan fingerprint density at radius 1 is 1.83 bits per heavy atom. The van der Waals surface area contributed by atoms with Crippen molar-refractivity contribution in [1.29, 1.82) is 0 Å². The Kier molecular flexibility index (Phi) is 5.45. The molecule has 0 spiro atoms. The first kappa shape index (κ1) is 10.5. The first-order valence-corrected chi connectivity index (χ1v) is 3.56. The molecular weight excluding hydrogens is 158 g/mol. The van der Waals surface area contributed by atoms with E-state index in [0.717, 1.165) is 0 Å². The molecular formula is C8H11NO3. The third kappa shape index (κ3) is 3.62. The van der Waals surface area contributed by atoms with Crippen LogP contribution >= 0.6 is 0 Å². The SMILES string of the molecule is C#CCC(NC=O)C(=O)OCC. The number of rotatable bonds is 5. The second kappa shape index (κ2) is 6.23. The van der Waals surface area contributed by atoms with E-state index in [-0.39, 0.29) is 13.0 Å². The van der Waals surface area contributed by atoms with Gasteiger partial charge in [-0.1, -0.05) is 0 Å². The minimum absolute atomic E-state index is 0.150. The molecule has 1 atom stereocenters. The standard InChI is InChI=1S/C8H11NO3/c1-3-5-7(9-6-10)8(11)12-4-2/h1,6-7H,4-5H2,2H3,(H,9,10). The van der Waals surface area contributed by atoms with Gasteiger partial charge in [-0.05, 0) is 6.92 Å². The lowest BCUT2D eigenvalue weighted by molar-refractivity contribution is -0.146. The minimum Gasteiger partial charge on any atom is -0.464 e. The van der Waals surface area contributed by atoms with E-state index in [4.69, 9.17) is 6.42 Å². The second-order valence-corrected chi connectivity index (χ2v) is 2.00. The number of ether oxygens (including phenoxy) is 1. The van der Waals surface area contributed by atoms with Gasteiger partial charge in [-0.25, -0.2) is 4.79 Å². The van der Waals surface area contributed by atoms with Gasteiger partial charge in [0.25, 0.3) is 0 Å². The van der Waals surface area contributed by atoms with Crippen molar-refractivity contribution in [2.45, 2.75) is 19.4 Å². The predicted octanol–water partition coefficient (Wildman–Crippen LogP) is -0.313. The predicted molar refractivity (Wildman–Crippen MR) is 43.1 cm³/mol. The van der Waals surface area contributed by atoms with Crippen LogP contribution in [0.5, 0.6) is 0 Å². The molecule has 0 heterocycles. The molecule has 4 nitrogen and oxygen atoms in total. The average Bonchev–Trinajstić information content (AvgIpc) is 2.04. The molecule has 0 bridgehead atoms. The van der Waals surface area contributed by atoms with Crippen LogP contribution in [0.2, 0.25) is 0 Å². The van der Waals surface area contributed by atoms with Crippen molar-refractivity contribution in [3.63, 3.8) is 0 Å². The summed E-state index contributed by atoms with van der Waals surface area (Å²) in [5.74, 6) is 1.77. The van der Waals surface area contributed by atoms with Gasteiger partial charge in [-0.2, -0.15) is 0 Å². The normalized spacial score (nSPS) is 11.0. The maximum Gasteiger partial charge on any atom is 0.329 e. The van der Waals surface area contributed by atoms with Gasteiger partial charge in [0.1, 0.15) is 6.04 Å². The molecule has 0 aromatic rings. The molecule has 1 unspecified atom stereocenters. The molecule has 0 aromatic carbocycles. The van der Waals surface area contributed by atoms with Gasteiger partial charge < -0.3 is 10.1 Å². The molecule has 0 aromatic heterocycles. The lowest BCUT2D eigenvalue weighted by atomic mass is 10.2. The summed E-state index contributed by atoms with van der Waals surface area (Å²) in [4.78, 5) is 21.0. The van der Waals surface area contributed by atoms with Gasteiger partial charge >= 0.3 is 5.97 Å². The summed E-state index contributed by atoms with van der Waals surface area (Å²) < 4.78 is 4.65. The highest BCUT2D eigenvalue weighted by molar-refractivity contribution is 5.78. The number of esters is 1. The second-order valence-electron chi connectivity index (χ2n) is 2.00. The molecule has 0 radical (unpaired) electrons. The van der Waals surface area contributed by atoms with Gasteiger partial charge in [0.2, 0.25) is 6.41 Å². The van der Waals surface area contributed by atoms with E-state index in [1.807, 2.05) is 0 Å². The maximum atomic E-state index is 11.0. The summed E-state index contributed by atoms with van der Waals surface area (Å²) in [6.07, 6.45) is 5.56. The van der Waals surface area contributed by atoms with Gasteiger partial charge in [0.15, 0.2) is 0 Å². The summed E-state index contributed by atoms with van der Waals surface area (Å²) >= 11 is 0. The van der Waals surface area contributed by atoms with Gasteiger partial charge in [-0.3, -0.25) is 4.79 Å². The van der Waals surface area contributed by atoms with Crippen LogP contribution in [0.25, 0.3) is 0 Å². The van der Waals surface area contributed by atoms with Crippen molar-refractivity contribution >= 4 is 12.4 Å². The molecule has 1 amide bonds. The van der Waals surface area contributed by atoms with Crippen molar-refractivity contribution in [3.05, 3.63) is 0 Å². The smallest absolute Gasteiger partial charge is 0.329 e. The van der Waals surface area contributed by atoms with Crippen LogP contribution in [0, 0.1) is 12.3 Å². The zero-order valence-corrected chi connectivity index (χ0v) is 6.87. The van der Waals surface area contributed by atoms with E-state index in [0.29, 0.717) is 6.41 Å². The number of carbonyl (C=O) groups is 2. The van der Waals surface area contributed by atoms with Gasteiger partial charge in [0.05, 0.1) is 6.61 Å². The Balaban J connectivity index is 4.00. The Morgan fingerprint density at radius 2 is 2.50 bits per heavy atom. The Hall–Kier alpha value is -1.50. The number of carbonyl (C=O) groups excluding carboxylic acids is 2. The molecule has 66 valence electrons. The van der Waals surface area contributed by atoms with Crippen LogP contribution < -0.4 is 5.32 Å². The largest absolute Gasteiger partial charge is 0.464 e. The number of hydrogen-bond acceptors (Lipinski definition) is 3. The Bertz CT molecular complexity index is 195. The van der Waals surface area contributed by atoms with Gasteiger partial charge in [0, 0.05) is 6.42 Å². The van der Waals surface area contributed by atoms with E-state index >= 15 is 0 Å². The highest BCUT2D eigenvalue weighted by atomic mass is 16.5. The van der Waals surface area contributed by atoms with Gasteiger partial charge in [-0.15, -0.1) is 12.3 Å². The van der Waals surface area contributed by atoms with E-state index in [1.165, 1.54) is 0 Å². The van der Waals surface area contributed by atoms with Crippen LogP contribution in [-0.4, -0.2) is 25.0 Å². The summed E-state index contributed by atoms with van der Waals surface area (Å²) in [5.41, 5.74) is 0. The fraction of sp³-hybridized carbons (Fsp3) is 0.500. The zero-order valence-electron chi connectivity index (χ0n) is 6.87. The third-order valence-corrected chi connectivity index (χ3v) is 1.16. The van der Waals surface area contributed by atoms with Crippen LogP contribution in [-0.2, 0) is 14.3 Å². The topological polar surface area (TPSA) is 55.4 Å². The molecule has 0 aliphatic rings. The molecule has 1 N–H and O–H groups in total. The molecule has 0 saturated carbocycles. The summed E-state index contributed by atoms with van der Waals surface area (Å²) in [6.45, 7) is 1.96. The van der Waals surface area contributed by atoms with Crippen LogP contribution in [0.4, 0.5) is 0 Å². The fourth-order valence-electron chi connectivity index (χ4n) is 0.653. The lowest BCUT2D eigenvalue weighted by Gasteiger charge is -2.10. The number of terminal acetylenes is 1. The molecule has 0 fully saturated rings. The van der Waals surface area contributed by atoms with E-state index < -0.39 is 12.0 Å². The Labute approximate surface area is 71.3 Å². The lowest BCUT2D eigenvalue weighted by Crippen LogP contribution is -2.36. The number of amides is 1. The fourth-order valence-corrected chi connectivity index (χ4v) is 0.653. The molecule has 0 rings (SSSR count). The van der Waals surface area contributed by atoms with E-state index in [9.17, 15) is 9.59 Å². The first-order valence-electron chi connectivity index (χ1n) is 3.56. The molecule has 0 aliphatic heterocycles. The molecule has 4 heteroatoms. The molecule has 12 heavy (non-hydrogen) atoms.